The second kappa shape index (κ2) is 6.37. The van der Waals surface area contributed by atoms with E-state index in [4.69, 9.17) is 0 Å². The Morgan fingerprint density at radius 2 is 2.05 bits per heavy atom. The summed E-state index contributed by atoms with van der Waals surface area (Å²) in [7, 11) is -3.43. The number of carbonyl (C=O) groups excluding carboxylic acids is 1. The summed E-state index contributed by atoms with van der Waals surface area (Å²) in [5.41, 5.74) is 1.53. The zero-order chi connectivity index (χ0) is 14.6. The number of hydrogen-bond acceptors (Lipinski definition) is 5. The molecule has 2 rings (SSSR count). The van der Waals surface area contributed by atoms with Crippen molar-refractivity contribution >= 4 is 32.4 Å². The molecule has 0 radical (unpaired) electrons. The lowest BCUT2D eigenvalue weighted by Gasteiger charge is -1.99. The van der Waals surface area contributed by atoms with Crippen LogP contribution in [0.25, 0.3) is 0 Å². The van der Waals surface area contributed by atoms with E-state index in [-0.39, 0.29) is 11.5 Å². The monoisotopic (exact) mass is 309 g/mol. The van der Waals surface area contributed by atoms with E-state index in [0.717, 1.165) is 22.8 Å². The number of carbonyl (C=O) groups is 1. The maximum absolute atomic E-state index is 11.9. The molecule has 106 valence electrons. The van der Waals surface area contributed by atoms with Gasteiger partial charge in [-0.15, -0.1) is 11.8 Å². The molecule has 1 aliphatic heterocycles. The predicted molar refractivity (Wildman–Crippen MR) is 83.2 cm³/mol. The molecular formula is C14H15NO3S2. The van der Waals surface area contributed by atoms with Gasteiger partial charge in [-0.2, -0.15) is 0 Å². The summed E-state index contributed by atoms with van der Waals surface area (Å²) in [6.07, 6.45) is 1.11. The molecule has 0 aromatic heterocycles. The molecule has 0 atom stereocenters. The molecule has 0 fully saturated rings. The summed E-state index contributed by atoms with van der Waals surface area (Å²) >= 11 is 1.45. The third-order valence-corrected chi connectivity index (χ3v) is 5.14. The molecule has 6 heteroatoms. The molecule has 0 unspecified atom stereocenters. The molecule has 1 aromatic carbocycles. The Bertz CT molecular complexity index is 658. The minimum atomic E-state index is -3.43. The average molecular weight is 309 g/mol. The van der Waals surface area contributed by atoms with Gasteiger partial charge >= 0.3 is 0 Å². The molecule has 4 nitrogen and oxygen atoms in total. The van der Waals surface area contributed by atoms with Gasteiger partial charge in [0.15, 0.2) is 15.6 Å². The highest BCUT2D eigenvalue weighted by molar-refractivity contribution is 8.15. The molecule has 0 amide bonds. The van der Waals surface area contributed by atoms with Gasteiger partial charge in [-0.3, -0.25) is 9.79 Å². The lowest BCUT2D eigenvalue weighted by atomic mass is 10.1. The van der Waals surface area contributed by atoms with E-state index < -0.39 is 9.84 Å². The first-order chi connectivity index (χ1) is 9.46. The Balaban J connectivity index is 2.04. The number of hydrogen-bond donors (Lipinski definition) is 0. The van der Waals surface area contributed by atoms with E-state index in [1.54, 1.807) is 12.1 Å². The Kier molecular flexibility index (Phi) is 4.77. The second-order valence-electron chi connectivity index (χ2n) is 4.46. The van der Waals surface area contributed by atoms with Crippen LogP contribution in [0.1, 0.15) is 15.9 Å². The summed E-state index contributed by atoms with van der Waals surface area (Å²) in [6.45, 7) is 2.59. The van der Waals surface area contributed by atoms with E-state index in [2.05, 4.69) is 4.99 Å². The maximum atomic E-state index is 11.9. The van der Waals surface area contributed by atoms with E-state index in [1.165, 1.54) is 11.8 Å². The topological polar surface area (TPSA) is 63.6 Å². The standard InChI is InChI=1S/C14H15NO3S2/c1-11-2-4-12(5-3-11)13(16)6-9-20(17,18)10-14-15-7-8-19-14/h2-6,9H,7-8,10H2,1H3/b9-6+. The zero-order valence-electron chi connectivity index (χ0n) is 11.1. The van der Waals surface area contributed by atoms with Gasteiger partial charge in [-0.05, 0) is 13.0 Å². The van der Waals surface area contributed by atoms with Crippen LogP contribution in [0.15, 0.2) is 40.7 Å². The van der Waals surface area contributed by atoms with Crippen molar-refractivity contribution in [3.05, 3.63) is 46.9 Å². The van der Waals surface area contributed by atoms with Gasteiger partial charge in [-0.25, -0.2) is 8.42 Å². The number of allylic oxidation sites excluding steroid dienone is 1. The number of thioether (sulfide) groups is 1. The number of aryl methyl sites for hydroxylation is 1. The Hall–Kier alpha value is -1.40. The summed E-state index contributed by atoms with van der Waals surface area (Å²) in [4.78, 5) is 16.0. The van der Waals surface area contributed by atoms with Crippen LogP contribution in [-0.4, -0.2) is 37.3 Å². The summed E-state index contributed by atoms with van der Waals surface area (Å²) in [6, 6.07) is 7.01. The number of sulfone groups is 1. The summed E-state index contributed by atoms with van der Waals surface area (Å²) in [5, 5.41) is 1.61. The molecular weight excluding hydrogens is 294 g/mol. The van der Waals surface area contributed by atoms with Crippen molar-refractivity contribution in [1.82, 2.24) is 0 Å². The van der Waals surface area contributed by atoms with Gasteiger partial charge in [0, 0.05) is 23.3 Å². The predicted octanol–water partition coefficient (Wildman–Crippen LogP) is 2.25. The molecule has 0 saturated carbocycles. The van der Waals surface area contributed by atoms with Crippen LogP contribution in [0.3, 0.4) is 0 Å². The van der Waals surface area contributed by atoms with Gasteiger partial charge in [0.1, 0.15) is 5.75 Å². The van der Waals surface area contributed by atoms with Crippen molar-refractivity contribution in [2.75, 3.05) is 18.1 Å². The van der Waals surface area contributed by atoms with Crippen molar-refractivity contribution in [2.45, 2.75) is 6.92 Å². The first-order valence-electron chi connectivity index (χ1n) is 6.14. The zero-order valence-corrected chi connectivity index (χ0v) is 12.7. The van der Waals surface area contributed by atoms with Crippen molar-refractivity contribution in [3.63, 3.8) is 0 Å². The summed E-state index contributed by atoms with van der Waals surface area (Å²) in [5.74, 6) is 0.404. The molecule has 1 heterocycles. The number of aliphatic imine (C=N–C) groups is 1. The number of nitrogens with zero attached hydrogens (tertiary/aromatic N) is 1. The molecule has 0 saturated heterocycles. The molecule has 0 aliphatic carbocycles. The summed E-state index contributed by atoms with van der Waals surface area (Å²) < 4.78 is 23.7. The number of benzene rings is 1. The Morgan fingerprint density at radius 1 is 1.35 bits per heavy atom. The second-order valence-corrected chi connectivity index (χ2v) is 7.52. The van der Waals surface area contributed by atoms with E-state index >= 15 is 0 Å². The SMILES string of the molecule is Cc1ccc(C(=O)/C=C/S(=O)(=O)CC2=NCCS2)cc1. The first-order valence-corrected chi connectivity index (χ1v) is 8.84. The normalized spacial score (nSPS) is 15.6. The van der Waals surface area contributed by atoms with E-state index in [1.807, 2.05) is 19.1 Å². The third kappa shape index (κ3) is 4.31. The highest BCUT2D eigenvalue weighted by atomic mass is 32.2. The fraction of sp³-hybridized carbons (Fsp3) is 0.286. The highest BCUT2D eigenvalue weighted by Crippen LogP contribution is 2.14. The molecule has 0 bridgehead atoms. The van der Waals surface area contributed by atoms with Gasteiger partial charge < -0.3 is 0 Å². The van der Waals surface area contributed by atoms with Gasteiger partial charge in [0.25, 0.3) is 0 Å². The van der Waals surface area contributed by atoms with Crippen LogP contribution in [0.5, 0.6) is 0 Å². The fourth-order valence-electron chi connectivity index (χ4n) is 1.67. The largest absolute Gasteiger partial charge is 0.289 e. The van der Waals surface area contributed by atoms with Crippen molar-refractivity contribution < 1.29 is 13.2 Å². The van der Waals surface area contributed by atoms with Crippen LogP contribution in [0.2, 0.25) is 0 Å². The average Bonchev–Trinajstić information content (AvgIpc) is 2.89. The fourth-order valence-corrected chi connectivity index (χ4v) is 3.96. The molecule has 0 spiro atoms. The van der Waals surface area contributed by atoms with Crippen molar-refractivity contribution in [3.8, 4) is 0 Å². The maximum Gasteiger partial charge on any atom is 0.186 e. The lowest BCUT2D eigenvalue weighted by Crippen LogP contribution is -2.10. The molecule has 1 aliphatic rings. The van der Waals surface area contributed by atoms with Crippen LogP contribution < -0.4 is 0 Å². The molecule has 0 N–H and O–H groups in total. The molecule has 20 heavy (non-hydrogen) atoms. The van der Waals surface area contributed by atoms with Gasteiger partial charge in [0.05, 0.1) is 5.04 Å². The van der Waals surface area contributed by atoms with Crippen LogP contribution in [-0.2, 0) is 9.84 Å². The van der Waals surface area contributed by atoms with E-state index in [9.17, 15) is 13.2 Å². The quantitative estimate of drug-likeness (QED) is 0.618. The molecule has 1 aromatic rings. The minimum absolute atomic E-state index is 0.116. The van der Waals surface area contributed by atoms with Gasteiger partial charge in [0.2, 0.25) is 0 Å². The van der Waals surface area contributed by atoms with E-state index in [0.29, 0.717) is 17.2 Å². The smallest absolute Gasteiger partial charge is 0.186 e. The Labute approximate surface area is 122 Å². The van der Waals surface area contributed by atoms with Crippen LogP contribution in [0.4, 0.5) is 0 Å². The van der Waals surface area contributed by atoms with Crippen LogP contribution in [0, 0.1) is 6.92 Å². The number of ketones is 1. The minimum Gasteiger partial charge on any atom is -0.289 e. The van der Waals surface area contributed by atoms with Crippen molar-refractivity contribution in [1.29, 1.82) is 0 Å². The third-order valence-electron chi connectivity index (χ3n) is 2.74. The van der Waals surface area contributed by atoms with Crippen LogP contribution >= 0.6 is 11.8 Å². The van der Waals surface area contributed by atoms with Gasteiger partial charge in [-0.1, -0.05) is 29.8 Å². The van der Waals surface area contributed by atoms with Crippen molar-refractivity contribution in [2.24, 2.45) is 4.99 Å². The Morgan fingerprint density at radius 3 is 2.65 bits per heavy atom. The number of rotatable bonds is 5. The highest BCUT2D eigenvalue weighted by Gasteiger charge is 2.15. The lowest BCUT2D eigenvalue weighted by molar-refractivity contribution is 0.104. The first kappa shape index (κ1) is 15.0.